The van der Waals surface area contributed by atoms with Crippen LogP contribution in [-0.4, -0.2) is 34.5 Å². The number of amides is 2. The highest BCUT2D eigenvalue weighted by atomic mass is 32.2. The Morgan fingerprint density at radius 2 is 1.96 bits per heavy atom. The van der Waals surface area contributed by atoms with Gasteiger partial charge in [-0.25, -0.2) is 0 Å². The van der Waals surface area contributed by atoms with Crippen LogP contribution < -0.4 is 10.6 Å². The minimum atomic E-state index is -0.136. The zero-order chi connectivity index (χ0) is 19.1. The predicted octanol–water partition coefficient (Wildman–Crippen LogP) is 3.24. The van der Waals surface area contributed by atoms with Gasteiger partial charge >= 0.3 is 0 Å². The first-order valence-corrected chi connectivity index (χ1v) is 10.2. The highest BCUT2D eigenvalue weighted by molar-refractivity contribution is 8.00. The number of aryl methyl sites for hydroxylation is 1. The number of aliphatic hydroxyl groups excluding tert-OH is 1. The fourth-order valence-electron chi connectivity index (χ4n) is 3.05. The molecule has 5 nitrogen and oxygen atoms in total. The third-order valence-corrected chi connectivity index (χ3v) is 5.82. The molecular formula is C21H24N2O3S. The first-order valence-electron chi connectivity index (χ1n) is 9.16. The Hall–Kier alpha value is -2.31. The average molecular weight is 385 g/mol. The second-order valence-electron chi connectivity index (χ2n) is 6.51. The molecule has 1 unspecified atom stereocenters. The lowest BCUT2D eigenvalue weighted by molar-refractivity contribution is -0.116. The molecule has 0 saturated heterocycles. The number of nitrogens with one attached hydrogen (secondary N) is 2. The number of thioether (sulfide) groups is 1. The van der Waals surface area contributed by atoms with Crippen molar-refractivity contribution in [3.05, 3.63) is 59.7 Å². The van der Waals surface area contributed by atoms with E-state index in [0.29, 0.717) is 18.6 Å². The summed E-state index contributed by atoms with van der Waals surface area (Å²) in [4.78, 5) is 24.5. The molecule has 0 saturated carbocycles. The molecule has 0 bridgehead atoms. The molecule has 2 amide bonds. The number of carbonyl (C=O) groups excluding carboxylic acids is 2. The van der Waals surface area contributed by atoms with E-state index in [1.54, 1.807) is 0 Å². The van der Waals surface area contributed by atoms with E-state index < -0.39 is 0 Å². The molecule has 27 heavy (non-hydrogen) atoms. The maximum Gasteiger partial charge on any atom is 0.237 e. The van der Waals surface area contributed by atoms with E-state index in [-0.39, 0.29) is 23.7 Å². The summed E-state index contributed by atoms with van der Waals surface area (Å²) in [5.74, 6) is 0.558. The smallest absolute Gasteiger partial charge is 0.237 e. The number of hydrogen-bond donors (Lipinski definition) is 3. The third kappa shape index (κ3) is 5.58. The van der Waals surface area contributed by atoms with Crippen LogP contribution in [0.1, 0.15) is 24.0 Å². The number of carbonyl (C=O) groups is 2. The number of hydrogen-bond acceptors (Lipinski definition) is 4. The van der Waals surface area contributed by atoms with Crippen LogP contribution in [0.3, 0.4) is 0 Å². The monoisotopic (exact) mass is 384 g/mol. The van der Waals surface area contributed by atoms with E-state index in [1.807, 2.05) is 48.5 Å². The van der Waals surface area contributed by atoms with Gasteiger partial charge in [-0.05, 0) is 48.6 Å². The number of benzene rings is 2. The van der Waals surface area contributed by atoms with E-state index in [2.05, 4.69) is 10.6 Å². The Bertz CT molecular complexity index is 792. The van der Waals surface area contributed by atoms with Crippen LogP contribution in [0.15, 0.2) is 48.5 Å². The number of anilines is 2. The quantitative estimate of drug-likeness (QED) is 0.685. The molecule has 1 heterocycles. The Kier molecular flexibility index (Phi) is 6.90. The Balaban J connectivity index is 1.44. The molecule has 0 aromatic heterocycles. The van der Waals surface area contributed by atoms with Gasteiger partial charge in [0.15, 0.2) is 0 Å². The SMILES string of the molecule is O=C(CCSC1CCc2ccccc2NC1=O)Nc1ccc(CCO)cc1. The van der Waals surface area contributed by atoms with Crippen molar-refractivity contribution in [2.75, 3.05) is 23.0 Å². The van der Waals surface area contributed by atoms with Crippen LogP contribution in [0.2, 0.25) is 0 Å². The van der Waals surface area contributed by atoms with Gasteiger partial charge in [0.05, 0.1) is 5.25 Å². The van der Waals surface area contributed by atoms with E-state index in [9.17, 15) is 9.59 Å². The number of fused-ring (bicyclic) bond motifs is 1. The molecule has 1 atom stereocenters. The van der Waals surface area contributed by atoms with Crippen molar-refractivity contribution in [1.82, 2.24) is 0 Å². The standard InChI is InChI=1S/C21H24N2O3S/c24-13-11-15-5-8-17(9-6-15)22-20(25)12-14-27-19-10-7-16-3-1-2-4-18(16)23-21(19)26/h1-6,8-9,19,24H,7,10-14H2,(H,22,25)(H,23,26). The highest BCUT2D eigenvalue weighted by Gasteiger charge is 2.23. The van der Waals surface area contributed by atoms with E-state index in [4.69, 9.17) is 5.11 Å². The third-order valence-electron chi connectivity index (χ3n) is 4.53. The lowest BCUT2D eigenvalue weighted by Gasteiger charge is -2.12. The molecule has 2 aromatic rings. The van der Waals surface area contributed by atoms with Crippen molar-refractivity contribution in [3.63, 3.8) is 0 Å². The van der Waals surface area contributed by atoms with Crippen LogP contribution in [0, 0.1) is 0 Å². The van der Waals surface area contributed by atoms with Gasteiger partial charge in [-0.2, -0.15) is 0 Å². The fourth-order valence-corrected chi connectivity index (χ4v) is 4.13. The lowest BCUT2D eigenvalue weighted by Crippen LogP contribution is -2.24. The molecule has 0 radical (unpaired) electrons. The van der Waals surface area contributed by atoms with Crippen LogP contribution in [0.25, 0.3) is 0 Å². The molecule has 0 aliphatic carbocycles. The summed E-state index contributed by atoms with van der Waals surface area (Å²) in [6, 6.07) is 15.4. The second kappa shape index (κ2) is 9.58. The molecule has 2 aromatic carbocycles. The van der Waals surface area contributed by atoms with Gasteiger partial charge < -0.3 is 15.7 Å². The van der Waals surface area contributed by atoms with Gasteiger partial charge in [-0.3, -0.25) is 9.59 Å². The minimum Gasteiger partial charge on any atom is -0.396 e. The summed E-state index contributed by atoms with van der Waals surface area (Å²) in [5.41, 5.74) is 3.84. The van der Waals surface area contributed by atoms with Crippen LogP contribution in [0.5, 0.6) is 0 Å². The normalized spacial score (nSPS) is 16.2. The summed E-state index contributed by atoms with van der Waals surface area (Å²) in [7, 11) is 0. The van der Waals surface area contributed by atoms with E-state index in [0.717, 1.165) is 35.3 Å². The first-order chi connectivity index (χ1) is 13.2. The van der Waals surface area contributed by atoms with Gasteiger partial charge in [-0.1, -0.05) is 30.3 Å². The summed E-state index contributed by atoms with van der Waals surface area (Å²) < 4.78 is 0. The van der Waals surface area contributed by atoms with Crippen LogP contribution in [0.4, 0.5) is 11.4 Å². The Morgan fingerprint density at radius 3 is 2.74 bits per heavy atom. The Morgan fingerprint density at radius 1 is 1.19 bits per heavy atom. The van der Waals surface area contributed by atoms with Gasteiger partial charge in [0.2, 0.25) is 11.8 Å². The largest absolute Gasteiger partial charge is 0.396 e. The van der Waals surface area contributed by atoms with E-state index >= 15 is 0 Å². The van der Waals surface area contributed by atoms with Crippen molar-refractivity contribution in [3.8, 4) is 0 Å². The number of aliphatic hydroxyl groups is 1. The first kappa shape index (κ1) is 19.5. The fraction of sp³-hybridized carbons (Fsp3) is 0.333. The molecule has 3 rings (SSSR count). The topological polar surface area (TPSA) is 78.4 Å². The van der Waals surface area contributed by atoms with Crippen molar-refractivity contribution < 1.29 is 14.7 Å². The lowest BCUT2D eigenvalue weighted by atomic mass is 10.1. The Labute approximate surface area is 163 Å². The average Bonchev–Trinajstić information content (AvgIpc) is 2.82. The van der Waals surface area contributed by atoms with Crippen LogP contribution in [-0.2, 0) is 22.4 Å². The second-order valence-corrected chi connectivity index (χ2v) is 7.82. The maximum atomic E-state index is 12.4. The summed E-state index contributed by atoms with van der Waals surface area (Å²) in [6.45, 7) is 0.114. The molecule has 142 valence electrons. The molecule has 0 spiro atoms. The van der Waals surface area contributed by atoms with Crippen molar-refractivity contribution in [1.29, 1.82) is 0 Å². The van der Waals surface area contributed by atoms with Gasteiger partial charge in [0.1, 0.15) is 0 Å². The number of rotatable bonds is 7. The summed E-state index contributed by atoms with van der Waals surface area (Å²) in [5, 5.41) is 14.6. The van der Waals surface area contributed by atoms with Crippen LogP contribution >= 0.6 is 11.8 Å². The number of para-hydroxylation sites is 1. The molecule has 3 N–H and O–H groups in total. The zero-order valence-electron chi connectivity index (χ0n) is 15.1. The predicted molar refractivity (Wildman–Crippen MR) is 110 cm³/mol. The summed E-state index contributed by atoms with van der Waals surface area (Å²) >= 11 is 1.54. The minimum absolute atomic E-state index is 0.0184. The molecule has 1 aliphatic heterocycles. The van der Waals surface area contributed by atoms with Gasteiger partial charge in [0.25, 0.3) is 0 Å². The maximum absolute atomic E-state index is 12.4. The van der Waals surface area contributed by atoms with E-state index in [1.165, 1.54) is 11.8 Å². The van der Waals surface area contributed by atoms with Gasteiger partial charge in [0, 0.05) is 30.2 Å². The molecule has 6 heteroatoms. The highest BCUT2D eigenvalue weighted by Crippen LogP contribution is 2.27. The summed E-state index contributed by atoms with van der Waals surface area (Å²) in [6.07, 6.45) is 2.61. The molecule has 0 fully saturated rings. The molecule has 1 aliphatic rings. The van der Waals surface area contributed by atoms with Crippen molar-refractivity contribution in [2.24, 2.45) is 0 Å². The zero-order valence-corrected chi connectivity index (χ0v) is 15.9. The van der Waals surface area contributed by atoms with Crippen molar-refractivity contribution in [2.45, 2.75) is 30.9 Å². The van der Waals surface area contributed by atoms with Crippen molar-refractivity contribution >= 4 is 35.0 Å². The molecular weight excluding hydrogens is 360 g/mol. The van der Waals surface area contributed by atoms with Gasteiger partial charge in [-0.15, -0.1) is 11.8 Å².